The molecule has 0 aromatic heterocycles. The van der Waals surface area contributed by atoms with Crippen LogP contribution in [0.2, 0.25) is 0 Å². The topological polar surface area (TPSA) is 55.1 Å². The smallest absolute Gasteiger partial charge is 0.236 e. The van der Waals surface area contributed by atoms with Gasteiger partial charge in [-0.15, -0.1) is 0 Å². The van der Waals surface area contributed by atoms with Crippen molar-refractivity contribution < 1.29 is 4.79 Å². The SMILES string of the molecule is CCC(C)(C)CNC(=O)[C@H](N)CC(C)C. The highest BCUT2D eigenvalue weighted by Gasteiger charge is 2.19. The lowest BCUT2D eigenvalue weighted by molar-refractivity contribution is -0.123. The monoisotopic (exact) mass is 214 g/mol. The van der Waals surface area contributed by atoms with Gasteiger partial charge in [0.15, 0.2) is 0 Å². The van der Waals surface area contributed by atoms with Crippen LogP contribution in [-0.4, -0.2) is 18.5 Å². The summed E-state index contributed by atoms with van der Waals surface area (Å²) in [5.41, 5.74) is 5.94. The first-order valence-electron chi connectivity index (χ1n) is 5.82. The quantitative estimate of drug-likeness (QED) is 0.709. The van der Waals surface area contributed by atoms with E-state index >= 15 is 0 Å². The molecule has 15 heavy (non-hydrogen) atoms. The maximum absolute atomic E-state index is 11.6. The Balaban J connectivity index is 3.93. The van der Waals surface area contributed by atoms with E-state index in [0.29, 0.717) is 12.5 Å². The van der Waals surface area contributed by atoms with E-state index < -0.39 is 0 Å². The fourth-order valence-corrected chi connectivity index (χ4v) is 1.20. The van der Waals surface area contributed by atoms with Crippen LogP contribution in [0, 0.1) is 11.3 Å². The maximum atomic E-state index is 11.6. The van der Waals surface area contributed by atoms with Crippen LogP contribution in [-0.2, 0) is 4.79 Å². The lowest BCUT2D eigenvalue weighted by Gasteiger charge is -2.24. The van der Waals surface area contributed by atoms with Gasteiger partial charge < -0.3 is 11.1 Å². The minimum absolute atomic E-state index is 0.0229. The van der Waals surface area contributed by atoms with Gasteiger partial charge in [-0.1, -0.05) is 34.6 Å². The highest BCUT2D eigenvalue weighted by atomic mass is 16.2. The summed E-state index contributed by atoms with van der Waals surface area (Å²) in [5, 5.41) is 2.92. The molecule has 0 saturated heterocycles. The van der Waals surface area contributed by atoms with Crippen molar-refractivity contribution in [2.45, 2.75) is 53.5 Å². The summed E-state index contributed by atoms with van der Waals surface area (Å²) in [6.45, 7) is 11.3. The Morgan fingerprint density at radius 3 is 2.33 bits per heavy atom. The fraction of sp³-hybridized carbons (Fsp3) is 0.917. The van der Waals surface area contributed by atoms with E-state index in [9.17, 15) is 4.79 Å². The van der Waals surface area contributed by atoms with Gasteiger partial charge >= 0.3 is 0 Å². The van der Waals surface area contributed by atoms with Gasteiger partial charge in [0.05, 0.1) is 6.04 Å². The Hall–Kier alpha value is -0.570. The molecule has 0 heterocycles. The molecule has 3 heteroatoms. The van der Waals surface area contributed by atoms with Gasteiger partial charge in [-0.3, -0.25) is 4.79 Å². The van der Waals surface area contributed by atoms with Crippen LogP contribution in [0.3, 0.4) is 0 Å². The molecule has 0 rings (SSSR count). The number of carbonyl (C=O) groups excluding carboxylic acids is 1. The average Bonchev–Trinajstić information content (AvgIpc) is 2.13. The fourth-order valence-electron chi connectivity index (χ4n) is 1.20. The second-order valence-corrected chi connectivity index (χ2v) is 5.47. The largest absolute Gasteiger partial charge is 0.354 e. The first-order chi connectivity index (χ1) is 6.78. The molecule has 0 fully saturated rings. The van der Waals surface area contributed by atoms with Gasteiger partial charge in [-0.05, 0) is 24.2 Å². The molecule has 0 aromatic rings. The van der Waals surface area contributed by atoms with Crippen molar-refractivity contribution in [2.24, 2.45) is 17.1 Å². The molecule has 0 aliphatic carbocycles. The van der Waals surface area contributed by atoms with Gasteiger partial charge in [0.1, 0.15) is 0 Å². The van der Waals surface area contributed by atoms with Crippen LogP contribution >= 0.6 is 0 Å². The molecule has 0 aliphatic heterocycles. The summed E-state index contributed by atoms with van der Waals surface area (Å²) >= 11 is 0. The molecular formula is C12H26N2O. The summed E-state index contributed by atoms with van der Waals surface area (Å²) in [4.78, 5) is 11.6. The van der Waals surface area contributed by atoms with E-state index in [-0.39, 0.29) is 17.4 Å². The van der Waals surface area contributed by atoms with Gasteiger partial charge in [0.25, 0.3) is 0 Å². The van der Waals surface area contributed by atoms with Crippen molar-refractivity contribution in [3.05, 3.63) is 0 Å². The van der Waals surface area contributed by atoms with Gasteiger partial charge in [0, 0.05) is 6.54 Å². The van der Waals surface area contributed by atoms with Crippen molar-refractivity contribution in [1.82, 2.24) is 5.32 Å². The third-order valence-corrected chi connectivity index (χ3v) is 2.76. The number of carbonyl (C=O) groups is 1. The van der Waals surface area contributed by atoms with Crippen LogP contribution in [0.4, 0.5) is 0 Å². The predicted molar refractivity (Wildman–Crippen MR) is 64.5 cm³/mol. The zero-order valence-electron chi connectivity index (χ0n) is 10.8. The molecule has 0 bridgehead atoms. The normalized spacial score (nSPS) is 14.1. The number of hydrogen-bond donors (Lipinski definition) is 2. The Kier molecular flexibility index (Phi) is 5.88. The van der Waals surface area contributed by atoms with E-state index in [1.54, 1.807) is 0 Å². The molecular weight excluding hydrogens is 188 g/mol. The van der Waals surface area contributed by atoms with Gasteiger partial charge in [-0.25, -0.2) is 0 Å². The van der Waals surface area contributed by atoms with Gasteiger partial charge in [0.2, 0.25) is 5.91 Å². The molecule has 3 N–H and O–H groups in total. The van der Waals surface area contributed by atoms with Crippen molar-refractivity contribution in [3.8, 4) is 0 Å². The zero-order valence-corrected chi connectivity index (χ0v) is 10.8. The molecule has 0 radical (unpaired) electrons. The highest BCUT2D eigenvalue weighted by molar-refractivity contribution is 5.81. The lowest BCUT2D eigenvalue weighted by Crippen LogP contribution is -2.44. The summed E-state index contributed by atoms with van der Waals surface area (Å²) in [5.74, 6) is 0.440. The number of amides is 1. The second kappa shape index (κ2) is 6.11. The van der Waals surface area contributed by atoms with Crippen molar-refractivity contribution in [1.29, 1.82) is 0 Å². The van der Waals surface area contributed by atoms with Crippen LogP contribution in [0.1, 0.15) is 47.5 Å². The van der Waals surface area contributed by atoms with Crippen LogP contribution in [0.5, 0.6) is 0 Å². The molecule has 0 aromatic carbocycles. The zero-order chi connectivity index (χ0) is 12.1. The third-order valence-electron chi connectivity index (χ3n) is 2.76. The van der Waals surface area contributed by atoms with Crippen molar-refractivity contribution in [3.63, 3.8) is 0 Å². The lowest BCUT2D eigenvalue weighted by atomic mass is 9.90. The number of rotatable bonds is 6. The molecule has 3 nitrogen and oxygen atoms in total. The number of nitrogens with two attached hydrogens (primary N) is 1. The standard InChI is InChI=1S/C12H26N2O/c1-6-12(4,5)8-14-11(15)10(13)7-9(2)3/h9-10H,6-8,13H2,1-5H3,(H,14,15)/t10-/m1/s1. The minimum Gasteiger partial charge on any atom is -0.354 e. The minimum atomic E-state index is -0.363. The van der Waals surface area contributed by atoms with Crippen LogP contribution in [0.15, 0.2) is 0 Å². The van der Waals surface area contributed by atoms with Crippen LogP contribution in [0.25, 0.3) is 0 Å². The second-order valence-electron chi connectivity index (χ2n) is 5.47. The van der Waals surface area contributed by atoms with E-state index in [1.807, 2.05) is 0 Å². The van der Waals surface area contributed by atoms with Crippen molar-refractivity contribution in [2.75, 3.05) is 6.54 Å². The summed E-state index contributed by atoms with van der Waals surface area (Å²) < 4.78 is 0. The summed E-state index contributed by atoms with van der Waals surface area (Å²) in [6.07, 6.45) is 1.80. The number of nitrogens with one attached hydrogen (secondary N) is 1. The number of hydrogen-bond acceptors (Lipinski definition) is 2. The molecule has 0 aliphatic rings. The van der Waals surface area contributed by atoms with Gasteiger partial charge in [-0.2, -0.15) is 0 Å². The summed E-state index contributed by atoms with van der Waals surface area (Å²) in [7, 11) is 0. The molecule has 1 amide bonds. The predicted octanol–water partition coefficient (Wildman–Crippen LogP) is 1.91. The van der Waals surface area contributed by atoms with Crippen LogP contribution < -0.4 is 11.1 Å². The first kappa shape index (κ1) is 14.4. The summed E-state index contributed by atoms with van der Waals surface area (Å²) in [6, 6.07) is -0.363. The average molecular weight is 214 g/mol. The molecule has 0 spiro atoms. The third kappa shape index (κ3) is 6.50. The molecule has 90 valence electrons. The Morgan fingerprint density at radius 1 is 1.40 bits per heavy atom. The highest BCUT2D eigenvalue weighted by Crippen LogP contribution is 2.17. The van der Waals surface area contributed by atoms with E-state index in [4.69, 9.17) is 5.73 Å². The first-order valence-corrected chi connectivity index (χ1v) is 5.82. The van der Waals surface area contributed by atoms with Crippen molar-refractivity contribution >= 4 is 5.91 Å². The molecule has 1 atom stereocenters. The molecule has 0 unspecified atom stereocenters. The Labute approximate surface area is 93.8 Å². The van der Waals surface area contributed by atoms with E-state index in [2.05, 4.69) is 39.9 Å². The van der Waals surface area contributed by atoms with E-state index in [0.717, 1.165) is 12.8 Å². The Morgan fingerprint density at radius 2 is 1.93 bits per heavy atom. The maximum Gasteiger partial charge on any atom is 0.236 e. The molecule has 0 saturated carbocycles. The van der Waals surface area contributed by atoms with E-state index in [1.165, 1.54) is 0 Å². The Bertz CT molecular complexity index is 200.